The smallest absolute Gasteiger partial charge is 0.222 e. The van der Waals surface area contributed by atoms with Crippen molar-refractivity contribution in [1.29, 1.82) is 0 Å². The highest BCUT2D eigenvalue weighted by atomic mass is 16.5. The minimum Gasteiger partial charge on any atom is -0.381 e. The number of nitrogens with zero attached hydrogens (tertiary/aromatic N) is 6. The SMILES string of the molecule is O=C(CCC1CCCC1)N1CCCN(c2nc(C3CCOCC3)nc3c2cnn3-c2ccccc2)CC1. The van der Waals surface area contributed by atoms with Crippen molar-refractivity contribution in [1.82, 2.24) is 24.6 Å². The molecular weight excluding hydrogens is 464 g/mol. The van der Waals surface area contributed by atoms with Crippen molar-refractivity contribution >= 4 is 22.8 Å². The van der Waals surface area contributed by atoms with E-state index in [1.165, 1.54) is 25.7 Å². The van der Waals surface area contributed by atoms with Crippen LogP contribution in [-0.2, 0) is 9.53 Å². The molecule has 37 heavy (non-hydrogen) atoms. The molecule has 196 valence electrons. The van der Waals surface area contributed by atoms with Gasteiger partial charge in [0.05, 0.1) is 17.3 Å². The van der Waals surface area contributed by atoms with Gasteiger partial charge in [0.1, 0.15) is 11.6 Å². The standard InChI is InChI=1S/C29H38N6O2/c36-26(12-11-22-7-4-5-8-22)33-15-6-16-34(18-17-33)28-25-21-30-35(24-9-2-1-3-10-24)29(25)32-27(31-28)23-13-19-37-20-14-23/h1-3,9-10,21-23H,4-8,11-20H2. The summed E-state index contributed by atoms with van der Waals surface area (Å²) in [5, 5.41) is 5.71. The molecule has 0 radical (unpaired) electrons. The molecule has 4 heterocycles. The lowest BCUT2D eigenvalue weighted by molar-refractivity contribution is -0.131. The summed E-state index contributed by atoms with van der Waals surface area (Å²) >= 11 is 0. The molecule has 0 bridgehead atoms. The number of rotatable bonds is 6. The van der Waals surface area contributed by atoms with E-state index in [0.29, 0.717) is 12.3 Å². The summed E-state index contributed by atoms with van der Waals surface area (Å²) < 4.78 is 7.55. The number of carbonyl (C=O) groups excluding carboxylic acids is 1. The Morgan fingerprint density at radius 1 is 0.919 bits per heavy atom. The van der Waals surface area contributed by atoms with Gasteiger partial charge in [0.2, 0.25) is 5.91 Å². The van der Waals surface area contributed by atoms with Gasteiger partial charge in [-0.3, -0.25) is 4.79 Å². The van der Waals surface area contributed by atoms with Crippen molar-refractivity contribution < 1.29 is 9.53 Å². The average molecular weight is 503 g/mol. The maximum Gasteiger partial charge on any atom is 0.222 e. The molecule has 2 aromatic heterocycles. The van der Waals surface area contributed by atoms with E-state index in [1.807, 2.05) is 29.1 Å². The molecule has 8 nitrogen and oxygen atoms in total. The van der Waals surface area contributed by atoms with Gasteiger partial charge < -0.3 is 14.5 Å². The number of carbonyl (C=O) groups is 1. The lowest BCUT2D eigenvalue weighted by Crippen LogP contribution is -2.35. The van der Waals surface area contributed by atoms with Crippen molar-refractivity contribution in [2.24, 2.45) is 5.92 Å². The van der Waals surface area contributed by atoms with Crippen molar-refractivity contribution in [3.05, 3.63) is 42.4 Å². The summed E-state index contributed by atoms with van der Waals surface area (Å²) in [5.74, 6) is 3.20. The second-order valence-corrected chi connectivity index (χ2v) is 10.8. The largest absolute Gasteiger partial charge is 0.381 e. The summed E-state index contributed by atoms with van der Waals surface area (Å²) in [6, 6.07) is 10.2. The Hall–Kier alpha value is -3.00. The molecule has 1 aliphatic carbocycles. The number of ether oxygens (including phenoxy) is 1. The predicted octanol–water partition coefficient (Wildman–Crippen LogP) is 4.72. The molecular formula is C29H38N6O2. The molecule has 2 saturated heterocycles. The number of anilines is 1. The van der Waals surface area contributed by atoms with E-state index in [4.69, 9.17) is 19.8 Å². The first kappa shape index (κ1) is 24.3. The highest BCUT2D eigenvalue weighted by Gasteiger charge is 2.27. The zero-order valence-corrected chi connectivity index (χ0v) is 21.7. The predicted molar refractivity (Wildman–Crippen MR) is 144 cm³/mol. The molecule has 1 saturated carbocycles. The van der Waals surface area contributed by atoms with Crippen LogP contribution in [0.3, 0.4) is 0 Å². The van der Waals surface area contributed by atoms with Crippen molar-refractivity contribution in [2.75, 3.05) is 44.3 Å². The molecule has 0 unspecified atom stereocenters. The van der Waals surface area contributed by atoms with Crippen molar-refractivity contribution in [3.63, 3.8) is 0 Å². The Bertz CT molecular complexity index is 1200. The summed E-state index contributed by atoms with van der Waals surface area (Å²) in [5.41, 5.74) is 1.85. The molecule has 6 rings (SSSR count). The maximum absolute atomic E-state index is 13.0. The molecule has 1 amide bonds. The second-order valence-electron chi connectivity index (χ2n) is 10.8. The molecule has 8 heteroatoms. The molecule has 0 atom stereocenters. The van der Waals surface area contributed by atoms with E-state index in [1.54, 1.807) is 0 Å². The van der Waals surface area contributed by atoms with Crippen LogP contribution in [0, 0.1) is 5.92 Å². The molecule has 3 aliphatic rings. The Balaban J connectivity index is 1.26. The minimum absolute atomic E-state index is 0.289. The number of hydrogen-bond donors (Lipinski definition) is 0. The highest BCUT2D eigenvalue weighted by Crippen LogP contribution is 2.32. The van der Waals surface area contributed by atoms with Gasteiger partial charge in [0.15, 0.2) is 5.65 Å². The fraction of sp³-hybridized carbons (Fsp3) is 0.586. The van der Waals surface area contributed by atoms with Gasteiger partial charge in [-0.2, -0.15) is 5.10 Å². The Labute approximate surface area is 219 Å². The highest BCUT2D eigenvalue weighted by molar-refractivity contribution is 5.88. The van der Waals surface area contributed by atoms with E-state index in [-0.39, 0.29) is 5.92 Å². The lowest BCUT2D eigenvalue weighted by Gasteiger charge is -2.26. The van der Waals surface area contributed by atoms with Crippen LogP contribution in [-0.4, -0.2) is 69.9 Å². The van der Waals surface area contributed by atoms with Crippen LogP contribution in [0.1, 0.15) is 69.5 Å². The summed E-state index contributed by atoms with van der Waals surface area (Å²) in [6.45, 7) is 4.73. The van der Waals surface area contributed by atoms with Crippen LogP contribution in [0.15, 0.2) is 36.5 Å². The Morgan fingerprint density at radius 2 is 1.73 bits per heavy atom. The number of benzene rings is 1. The maximum atomic E-state index is 13.0. The first-order chi connectivity index (χ1) is 18.3. The van der Waals surface area contributed by atoms with Gasteiger partial charge >= 0.3 is 0 Å². The van der Waals surface area contributed by atoms with Crippen LogP contribution in [0.5, 0.6) is 0 Å². The number of amides is 1. The quantitative estimate of drug-likeness (QED) is 0.486. The van der Waals surface area contributed by atoms with Crippen LogP contribution in [0.25, 0.3) is 16.7 Å². The van der Waals surface area contributed by atoms with E-state index >= 15 is 0 Å². The normalized spacial score (nSPS) is 20.0. The van der Waals surface area contributed by atoms with E-state index < -0.39 is 0 Å². The van der Waals surface area contributed by atoms with Crippen LogP contribution >= 0.6 is 0 Å². The monoisotopic (exact) mass is 502 g/mol. The van der Waals surface area contributed by atoms with E-state index in [0.717, 1.165) is 99.4 Å². The third-order valence-electron chi connectivity index (χ3n) is 8.40. The van der Waals surface area contributed by atoms with Crippen LogP contribution in [0.4, 0.5) is 5.82 Å². The van der Waals surface area contributed by atoms with E-state index in [2.05, 4.69) is 21.9 Å². The third-order valence-corrected chi connectivity index (χ3v) is 8.40. The zero-order chi connectivity index (χ0) is 25.0. The number of fused-ring (bicyclic) bond motifs is 1. The number of para-hydroxylation sites is 1. The fourth-order valence-electron chi connectivity index (χ4n) is 6.21. The zero-order valence-electron chi connectivity index (χ0n) is 21.7. The summed E-state index contributed by atoms with van der Waals surface area (Å²) in [6.07, 6.45) is 11.7. The summed E-state index contributed by atoms with van der Waals surface area (Å²) in [4.78, 5) is 27.7. The van der Waals surface area contributed by atoms with Gasteiger partial charge in [-0.05, 0) is 43.7 Å². The third kappa shape index (κ3) is 5.35. The van der Waals surface area contributed by atoms with Gasteiger partial charge in [-0.15, -0.1) is 0 Å². The molecule has 3 aromatic rings. The first-order valence-corrected chi connectivity index (χ1v) is 14.2. The average Bonchev–Trinajstić information content (AvgIpc) is 3.56. The number of aromatic nitrogens is 4. The molecule has 3 fully saturated rings. The number of hydrogen-bond acceptors (Lipinski definition) is 6. The topological polar surface area (TPSA) is 76.4 Å². The molecule has 1 aromatic carbocycles. The van der Waals surface area contributed by atoms with Crippen molar-refractivity contribution in [3.8, 4) is 5.69 Å². The fourth-order valence-corrected chi connectivity index (χ4v) is 6.21. The molecule has 0 spiro atoms. The van der Waals surface area contributed by atoms with Crippen molar-refractivity contribution in [2.45, 2.75) is 63.7 Å². The molecule has 2 aliphatic heterocycles. The Morgan fingerprint density at radius 3 is 2.54 bits per heavy atom. The van der Waals surface area contributed by atoms with Gasteiger partial charge in [0, 0.05) is 51.7 Å². The van der Waals surface area contributed by atoms with Gasteiger partial charge in [0.25, 0.3) is 0 Å². The van der Waals surface area contributed by atoms with Crippen LogP contribution < -0.4 is 4.90 Å². The Kier molecular flexibility index (Phi) is 7.35. The second kappa shape index (κ2) is 11.2. The van der Waals surface area contributed by atoms with Crippen LogP contribution in [0.2, 0.25) is 0 Å². The van der Waals surface area contributed by atoms with E-state index in [9.17, 15) is 4.79 Å². The lowest BCUT2D eigenvalue weighted by atomic mass is 9.99. The molecule has 0 N–H and O–H groups in total. The summed E-state index contributed by atoms with van der Waals surface area (Å²) in [7, 11) is 0. The van der Waals surface area contributed by atoms with Gasteiger partial charge in [-0.25, -0.2) is 14.6 Å². The first-order valence-electron chi connectivity index (χ1n) is 14.2. The van der Waals surface area contributed by atoms with Gasteiger partial charge in [-0.1, -0.05) is 43.9 Å². The minimum atomic E-state index is 0.289.